The number of nitrogen functional groups attached to an aromatic ring is 1. The smallest absolute Gasteiger partial charge is 0.304 e. The summed E-state index contributed by atoms with van der Waals surface area (Å²) in [7, 11) is 3.64. The summed E-state index contributed by atoms with van der Waals surface area (Å²) in [5.74, 6) is 0.953. The van der Waals surface area contributed by atoms with Crippen LogP contribution in [0.3, 0.4) is 0 Å². The molecule has 1 unspecified atom stereocenters. The van der Waals surface area contributed by atoms with Gasteiger partial charge in [0.1, 0.15) is 5.82 Å². The molecule has 1 aromatic rings. The Morgan fingerprint density at radius 3 is 2.67 bits per heavy atom. The Morgan fingerprint density at radius 2 is 2.11 bits per heavy atom. The zero-order chi connectivity index (χ0) is 13.7. The van der Waals surface area contributed by atoms with Crippen molar-refractivity contribution in [2.24, 2.45) is 0 Å². The topological polar surface area (TPSA) is 105 Å². The lowest BCUT2D eigenvalue weighted by molar-refractivity contribution is -0.136. The van der Waals surface area contributed by atoms with Gasteiger partial charge < -0.3 is 15.7 Å². The minimum absolute atomic E-state index is 0.00305. The second-order valence-electron chi connectivity index (χ2n) is 4.02. The number of anilines is 2. The van der Waals surface area contributed by atoms with Gasteiger partial charge in [0, 0.05) is 19.3 Å². The lowest BCUT2D eigenvalue weighted by Gasteiger charge is -2.12. The van der Waals surface area contributed by atoms with E-state index in [1.54, 1.807) is 4.90 Å². The van der Waals surface area contributed by atoms with E-state index >= 15 is 0 Å². The van der Waals surface area contributed by atoms with Crippen molar-refractivity contribution in [2.45, 2.75) is 24.3 Å². The molecule has 0 aliphatic carbocycles. The highest BCUT2D eigenvalue weighted by atomic mass is 32.2. The first-order chi connectivity index (χ1) is 8.38. The average molecular weight is 271 g/mol. The Hall–Kier alpha value is -1.57. The van der Waals surface area contributed by atoms with Gasteiger partial charge in [-0.2, -0.15) is 26.7 Å². The quantitative estimate of drug-likeness (QED) is 0.775. The molecule has 18 heavy (non-hydrogen) atoms. The minimum atomic E-state index is -0.806. The fourth-order valence-electron chi connectivity index (χ4n) is 1.21. The van der Waals surface area contributed by atoms with Crippen LogP contribution in [0.4, 0.5) is 11.9 Å². The third kappa shape index (κ3) is 4.74. The molecule has 8 heteroatoms. The molecule has 0 amide bonds. The van der Waals surface area contributed by atoms with Gasteiger partial charge in [-0.25, -0.2) is 0 Å². The molecule has 0 radical (unpaired) electrons. The molecule has 0 spiro atoms. The van der Waals surface area contributed by atoms with Crippen LogP contribution in [0.15, 0.2) is 0 Å². The molecule has 7 nitrogen and oxygen atoms in total. The average Bonchev–Trinajstić information content (AvgIpc) is 2.24. The van der Waals surface area contributed by atoms with E-state index in [4.69, 9.17) is 10.8 Å². The number of aromatic nitrogens is 3. The third-order valence-corrected chi connectivity index (χ3v) is 3.21. The highest BCUT2D eigenvalue weighted by Gasteiger charge is 2.11. The van der Waals surface area contributed by atoms with Crippen molar-refractivity contribution in [3.63, 3.8) is 0 Å². The predicted molar refractivity (Wildman–Crippen MR) is 71.6 cm³/mol. The van der Waals surface area contributed by atoms with Crippen LogP contribution in [-0.4, -0.2) is 45.4 Å². The Morgan fingerprint density at radius 1 is 1.44 bits per heavy atom. The van der Waals surface area contributed by atoms with E-state index in [1.807, 2.05) is 21.0 Å². The molecule has 0 fully saturated rings. The van der Waals surface area contributed by atoms with E-state index in [0.717, 1.165) is 0 Å². The third-order valence-electron chi connectivity index (χ3n) is 2.05. The van der Waals surface area contributed by atoms with Gasteiger partial charge in [0.05, 0.1) is 12.2 Å². The number of thioether (sulfide) groups is 1. The van der Waals surface area contributed by atoms with Crippen molar-refractivity contribution >= 4 is 29.6 Å². The molecular formula is C10H17N5O2S. The van der Waals surface area contributed by atoms with Gasteiger partial charge in [0.25, 0.3) is 0 Å². The maximum atomic E-state index is 10.5. The summed E-state index contributed by atoms with van der Waals surface area (Å²) in [6.07, 6.45) is 0.117. The number of aliphatic carboxylic acids is 1. The molecule has 1 atom stereocenters. The number of nitrogens with two attached hydrogens (primary N) is 1. The standard InChI is InChI=1S/C10H17N5O2S/c1-6(4-8(16)17)18-5-7-12-9(11)14-10(13-7)15(2)3/h6H,4-5H2,1-3H3,(H,16,17)(H2,11,12,13,14). The molecule has 1 rings (SSSR count). The van der Waals surface area contributed by atoms with Crippen molar-refractivity contribution in [1.29, 1.82) is 0 Å². The van der Waals surface area contributed by atoms with E-state index in [-0.39, 0.29) is 17.6 Å². The summed E-state index contributed by atoms with van der Waals surface area (Å²) in [6.45, 7) is 1.86. The van der Waals surface area contributed by atoms with Crippen molar-refractivity contribution in [3.05, 3.63) is 5.82 Å². The van der Waals surface area contributed by atoms with E-state index < -0.39 is 5.97 Å². The summed E-state index contributed by atoms with van der Waals surface area (Å²) in [4.78, 5) is 24.5. The summed E-state index contributed by atoms with van der Waals surface area (Å²) in [5, 5.41) is 8.66. The number of rotatable bonds is 6. The number of hydrogen-bond donors (Lipinski definition) is 2. The van der Waals surface area contributed by atoms with Crippen molar-refractivity contribution in [1.82, 2.24) is 15.0 Å². The second-order valence-corrected chi connectivity index (χ2v) is 5.45. The maximum Gasteiger partial charge on any atom is 0.304 e. The molecule has 100 valence electrons. The van der Waals surface area contributed by atoms with Gasteiger partial charge in [-0.15, -0.1) is 0 Å². The SMILES string of the molecule is CC(CC(=O)O)SCc1nc(N)nc(N(C)C)n1. The summed E-state index contributed by atoms with van der Waals surface area (Å²) in [6, 6.07) is 0. The number of carboxylic acids is 1. The summed E-state index contributed by atoms with van der Waals surface area (Å²) < 4.78 is 0. The van der Waals surface area contributed by atoms with Crippen LogP contribution in [0.2, 0.25) is 0 Å². The van der Waals surface area contributed by atoms with Crippen LogP contribution < -0.4 is 10.6 Å². The fourth-order valence-corrected chi connectivity index (χ4v) is 2.03. The molecule has 0 saturated carbocycles. The minimum Gasteiger partial charge on any atom is -0.481 e. The molecule has 0 aliphatic rings. The molecule has 3 N–H and O–H groups in total. The van der Waals surface area contributed by atoms with Gasteiger partial charge in [-0.05, 0) is 0 Å². The van der Waals surface area contributed by atoms with Gasteiger partial charge >= 0.3 is 5.97 Å². The Labute approximate surface area is 110 Å². The number of nitrogens with zero attached hydrogens (tertiary/aromatic N) is 4. The van der Waals surface area contributed by atoms with E-state index in [2.05, 4.69) is 15.0 Å². The first kappa shape index (κ1) is 14.5. The first-order valence-corrected chi connectivity index (χ1v) is 6.44. The largest absolute Gasteiger partial charge is 0.481 e. The maximum absolute atomic E-state index is 10.5. The normalized spacial score (nSPS) is 12.2. The van der Waals surface area contributed by atoms with Gasteiger partial charge in [0.2, 0.25) is 11.9 Å². The van der Waals surface area contributed by atoms with Gasteiger partial charge in [-0.1, -0.05) is 6.92 Å². The summed E-state index contributed by atoms with van der Waals surface area (Å²) >= 11 is 1.48. The Kier molecular flexibility index (Phi) is 5.14. The fraction of sp³-hybridized carbons (Fsp3) is 0.600. The highest BCUT2D eigenvalue weighted by Crippen LogP contribution is 2.19. The first-order valence-electron chi connectivity index (χ1n) is 5.39. The van der Waals surface area contributed by atoms with Gasteiger partial charge in [-0.3, -0.25) is 4.79 Å². The lowest BCUT2D eigenvalue weighted by Crippen LogP contribution is -2.16. The van der Waals surface area contributed by atoms with Crippen LogP contribution in [0.25, 0.3) is 0 Å². The van der Waals surface area contributed by atoms with E-state index in [1.165, 1.54) is 11.8 Å². The van der Waals surface area contributed by atoms with Crippen molar-refractivity contribution in [2.75, 3.05) is 24.7 Å². The monoisotopic (exact) mass is 271 g/mol. The van der Waals surface area contributed by atoms with Crippen LogP contribution in [0.1, 0.15) is 19.2 Å². The number of carboxylic acid groups (broad SMARTS) is 1. The molecule has 0 aliphatic heterocycles. The van der Waals surface area contributed by atoms with Crippen LogP contribution in [0, 0.1) is 0 Å². The predicted octanol–water partition coefficient (Wildman–Crippen LogP) is 0.616. The van der Waals surface area contributed by atoms with Crippen LogP contribution >= 0.6 is 11.8 Å². The van der Waals surface area contributed by atoms with E-state index in [0.29, 0.717) is 17.5 Å². The lowest BCUT2D eigenvalue weighted by atomic mass is 10.3. The van der Waals surface area contributed by atoms with Gasteiger partial charge in [0.15, 0.2) is 0 Å². The zero-order valence-electron chi connectivity index (χ0n) is 10.6. The second kappa shape index (κ2) is 6.39. The molecular weight excluding hydrogens is 254 g/mol. The molecule has 0 bridgehead atoms. The van der Waals surface area contributed by atoms with Crippen LogP contribution in [0.5, 0.6) is 0 Å². The zero-order valence-corrected chi connectivity index (χ0v) is 11.4. The van der Waals surface area contributed by atoms with Crippen molar-refractivity contribution < 1.29 is 9.90 Å². The summed E-state index contributed by atoms with van der Waals surface area (Å²) in [5.41, 5.74) is 5.59. The molecule has 1 heterocycles. The Balaban J connectivity index is 2.64. The van der Waals surface area contributed by atoms with Crippen LogP contribution in [-0.2, 0) is 10.5 Å². The molecule has 1 aromatic heterocycles. The molecule has 0 saturated heterocycles. The molecule has 0 aromatic carbocycles. The number of carbonyl (C=O) groups is 1. The Bertz CT molecular complexity index is 427. The van der Waals surface area contributed by atoms with Crippen molar-refractivity contribution in [3.8, 4) is 0 Å². The van der Waals surface area contributed by atoms with E-state index in [9.17, 15) is 4.79 Å². The number of hydrogen-bond acceptors (Lipinski definition) is 7. The highest BCUT2D eigenvalue weighted by molar-refractivity contribution is 7.99.